The summed E-state index contributed by atoms with van der Waals surface area (Å²) in [7, 11) is 0. The number of nitrogens with two attached hydrogens (primary N) is 1. The molecule has 1 heterocycles. The molecule has 3 N–H and O–H groups in total. The summed E-state index contributed by atoms with van der Waals surface area (Å²) in [6, 6.07) is 5.59. The lowest BCUT2D eigenvalue weighted by Gasteiger charge is -2.28. The number of aryl methyl sites for hydroxylation is 1. The first-order valence-corrected chi connectivity index (χ1v) is 7.62. The van der Waals surface area contributed by atoms with Gasteiger partial charge in [-0.3, -0.25) is 4.79 Å². The molecule has 0 atom stereocenters. The van der Waals surface area contributed by atoms with E-state index in [1.165, 1.54) is 6.33 Å². The van der Waals surface area contributed by atoms with Gasteiger partial charge in [-0.05, 0) is 43.5 Å². The van der Waals surface area contributed by atoms with E-state index in [9.17, 15) is 4.79 Å². The lowest BCUT2D eigenvalue weighted by atomic mass is 9.97. The Morgan fingerprint density at radius 3 is 2.77 bits per heavy atom. The molecule has 6 heteroatoms. The Labute approximate surface area is 129 Å². The van der Waals surface area contributed by atoms with Gasteiger partial charge in [-0.2, -0.15) is 5.10 Å². The van der Waals surface area contributed by atoms with Gasteiger partial charge in [-0.1, -0.05) is 12.8 Å². The highest BCUT2D eigenvalue weighted by molar-refractivity contribution is 5.95. The van der Waals surface area contributed by atoms with Crippen molar-refractivity contribution in [3.63, 3.8) is 0 Å². The largest absolute Gasteiger partial charge is 0.345 e. The van der Waals surface area contributed by atoms with Gasteiger partial charge >= 0.3 is 0 Å². The Hall–Kier alpha value is -2.21. The zero-order valence-electron chi connectivity index (χ0n) is 12.7. The fourth-order valence-electron chi connectivity index (χ4n) is 3.13. The second-order valence-electron chi connectivity index (χ2n) is 5.99. The second kappa shape index (κ2) is 5.88. The van der Waals surface area contributed by atoms with Gasteiger partial charge in [-0.15, -0.1) is 0 Å². The van der Waals surface area contributed by atoms with E-state index in [1.54, 1.807) is 11.0 Å². The van der Waals surface area contributed by atoms with Crippen molar-refractivity contribution in [3.05, 3.63) is 42.0 Å². The molecule has 0 radical (unpaired) electrons. The zero-order valence-corrected chi connectivity index (χ0v) is 12.7. The van der Waals surface area contributed by atoms with E-state index >= 15 is 0 Å². The Kier molecular flexibility index (Phi) is 3.94. The molecule has 2 aromatic rings. The van der Waals surface area contributed by atoms with Gasteiger partial charge in [0.1, 0.15) is 12.7 Å². The minimum absolute atomic E-state index is 0.0550. The van der Waals surface area contributed by atoms with Crippen molar-refractivity contribution in [2.45, 2.75) is 38.1 Å². The van der Waals surface area contributed by atoms with E-state index in [-0.39, 0.29) is 11.4 Å². The van der Waals surface area contributed by atoms with Gasteiger partial charge in [0.25, 0.3) is 5.91 Å². The van der Waals surface area contributed by atoms with Crippen LogP contribution in [0.15, 0.2) is 30.9 Å². The van der Waals surface area contributed by atoms with Crippen LogP contribution in [0.2, 0.25) is 0 Å². The molecule has 0 unspecified atom stereocenters. The summed E-state index contributed by atoms with van der Waals surface area (Å²) >= 11 is 0. The number of aromatic nitrogens is 3. The van der Waals surface area contributed by atoms with Crippen molar-refractivity contribution in [2.24, 2.45) is 5.73 Å². The molecule has 0 aliphatic heterocycles. The number of carbonyl (C=O) groups is 1. The second-order valence-corrected chi connectivity index (χ2v) is 5.99. The van der Waals surface area contributed by atoms with Crippen molar-refractivity contribution in [1.29, 1.82) is 0 Å². The van der Waals surface area contributed by atoms with Crippen LogP contribution in [0.5, 0.6) is 0 Å². The predicted octanol–water partition coefficient (Wildman–Crippen LogP) is 1.58. The van der Waals surface area contributed by atoms with Gasteiger partial charge < -0.3 is 11.1 Å². The number of nitrogens with zero attached hydrogens (tertiary/aromatic N) is 3. The van der Waals surface area contributed by atoms with E-state index in [4.69, 9.17) is 5.73 Å². The van der Waals surface area contributed by atoms with Crippen LogP contribution >= 0.6 is 0 Å². The van der Waals surface area contributed by atoms with Crippen LogP contribution < -0.4 is 11.1 Å². The molecular weight excluding hydrogens is 278 g/mol. The molecule has 0 saturated heterocycles. The summed E-state index contributed by atoms with van der Waals surface area (Å²) in [6.07, 6.45) is 7.31. The van der Waals surface area contributed by atoms with Gasteiger partial charge in [0.15, 0.2) is 0 Å². The average molecular weight is 299 g/mol. The molecule has 0 spiro atoms. The van der Waals surface area contributed by atoms with Crippen LogP contribution in [0.1, 0.15) is 41.6 Å². The highest BCUT2D eigenvalue weighted by Gasteiger charge is 2.34. The molecule has 1 aliphatic rings. The normalized spacial score (nSPS) is 16.6. The predicted molar refractivity (Wildman–Crippen MR) is 83.8 cm³/mol. The van der Waals surface area contributed by atoms with E-state index in [0.29, 0.717) is 12.1 Å². The molecule has 116 valence electrons. The molecule has 22 heavy (non-hydrogen) atoms. The maximum Gasteiger partial charge on any atom is 0.251 e. The number of hydrogen-bond acceptors (Lipinski definition) is 4. The number of carbonyl (C=O) groups excluding carboxylic acids is 1. The van der Waals surface area contributed by atoms with Crippen LogP contribution in [0, 0.1) is 6.92 Å². The molecule has 1 saturated carbocycles. The van der Waals surface area contributed by atoms with Crippen molar-refractivity contribution in [2.75, 3.05) is 6.54 Å². The first kappa shape index (κ1) is 14.7. The minimum Gasteiger partial charge on any atom is -0.345 e. The molecular formula is C16H21N5O. The maximum absolute atomic E-state index is 12.5. The summed E-state index contributed by atoms with van der Waals surface area (Å²) in [5, 5.41) is 7.26. The molecule has 3 rings (SSSR count). The SMILES string of the molecule is Cc1cc(C(=O)NC2(CN)CCCC2)ccc1-n1cncn1. The first-order chi connectivity index (χ1) is 10.6. The molecule has 1 aromatic heterocycles. The first-order valence-electron chi connectivity index (χ1n) is 7.62. The van der Waals surface area contributed by atoms with Crippen LogP contribution in [0.3, 0.4) is 0 Å². The van der Waals surface area contributed by atoms with Crippen LogP contribution in [-0.2, 0) is 0 Å². The summed E-state index contributed by atoms with van der Waals surface area (Å²) in [5.41, 5.74) is 8.21. The van der Waals surface area contributed by atoms with Gasteiger partial charge in [-0.25, -0.2) is 9.67 Å². The maximum atomic E-state index is 12.5. The Morgan fingerprint density at radius 2 is 2.18 bits per heavy atom. The Bertz CT molecular complexity index is 659. The van der Waals surface area contributed by atoms with E-state index in [0.717, 1.165) is 36.9 Å². The molecule has 0 bridgehead atoms. The van der Waals surface area contributed by atoms with Gasteiger partial charge in [0, 0.05) is 12.1 Å². The lowest BCUT2D eigenvalue weighted by molar-refractivity contribution is 0.0903. The summed E-state index contributed by atoms with van der Waals surface area (Å²) in [6.45, 7) is 2.46. The van der Waals surface area contributed by atoms with Crippen LogP contribution in [0.4, 0.5) is 0 Å². The van der Waals surface area contributed by atoms with E-state index in [2.05, 4.69) is 15.4 Å². The molecule has 1 aliphatic carbocycles. The highest BCUT2D eigenvalue weighted by Crippen LogP contribution is 2.29. The standard InChI is InChI=1S/C16H21N5O/c1-12-8-13(4-5-14(12)21-11-18-10-19-21)15(22)20-16(9-17)6-2-3-7-16/h4-5,8,10-11H,2-3,6-7,9,17H2,1H3,(H,20,22). The topological polar surface area (TPSA) is 85.8 Å². The third kappa shape index (κ3) is 2.74. The molecule has 1 aromatic carbocycles. The van der Waals surface area contributed by atoms with Crippen LogP contribution in [-0.4, -0.2) is 32.8 Å². The third-order valence-corrected chi connectivity index (χ3v) is 4.45. The minimum atomic E-state index is -0.227. The number of hydrogen-bond donors (Lipinski definition) is 2. The van der Waals surface area contributed by atoms with Gasteiger partial charge in [0.05, 0.1) is 11.2 Å². The molecule has 1 fully saturated rings. The highest BCUT2D eigenvalue weighted by atomic mass is 16.1. The quantitative estimate of drug-likeness (QED) is 0.897. The summed E-state index contributed by atoms with van der Waals surface area (Å²) in [4.78, 5) is 16.5. The summed E-state index contributed by atoms with van der Waals surface area (Å²) < 4.78 is 1.69. The number of benzene rings is 1. The Balaban J connectivity index is 1.80. The fourth-order valence-corrected chi connectivity index (χ4v) is 3.13. The third-order valence-electron chi connectivity index (χ3n) is 4.45. The van der Waals surface area contributed by atoms with Crippen LogP contribution in [0.25, 0.3) is 5.69 Å². The molecule has 1 amide bonds. The fraction of sp³-hybridized carbons (Fsp3) is 0.438. The van der Waals surface area contributed by atoms with Crippen molar-refractivity contribution in [1.82, 2.24) is 20.1 Å². The number of amides is 1. The monoisotopic (exact) mass is 299 g/mol. The Morgan fingerprint density at radius 1 is 1.41 bits per heavy atom. The van der Waals surface area contributed by atoms with E-state index < -0.39 is 0 Å². The zero-order chi connectivity index (χ0) is 15.6. The number of nitrogens with one attached hydrogen (secondary N) is 1. The lowest BCUT2D eigenvalue weighted by Crippen LogP contribution is -2.51. The van der Waals surface area contributed by atoms with Crippen molar-refractivity contribution >= 4 is 5.91 Å². The van der Waals surface area contributed by atoms with Crippen molar-refractivity contribution in [3.8, 4) is 5.69 Å². The average Bonchev–Trinajstić information content (AvgIpc) is 3.19. The van der Waals surface area contributed by atoms with Gasteiger partial charge in [0.2, 0.25) is 0 Å². The summed E-state index contributed by atoms with van der Waals surface area (Å²) in [5.74, 6) is -0.0550. The smallest absolute Gasteiger partial charge is 0.251 e. The van der Waals surface area contributed by atoms with E-state index in [1.807, 2.05) is 25.1 Å². The van der Waals surface area contributed by atoms with Crippen molar-refractivity contribution < 1.29 is 4.79 Å². The molecule has 6 nitrogen and oxygen atoms in total. The number of rotatable bonds is 4.